The van der Waals surface area contributed by atoms with Gasteiger partial charge in [0.15, 0.2) is 0 Å². The third-order valence-corrected chi connectivity index (χ3v) is 3.50. The van der Waals surface area contributed by atoms with Crippen LogP contribution in [0.25, 0.3) is 0 Å². The Kier molecular flexibility index (Phi) is 5.78. The highest BCUT2D eigenvalue weighted by Gasteiger charge is 2.24. The second-order valence-corrected chi connectivity index (χ2v) is 4.51. The summed E-state index contributed by atoms with van der Waals surface area (Å²) in [6.45, 7) is 5.10. The van der Waals surface area contributed by atoms with Crippen LogP contribution in [0.1, 0.15) is 13.3 Å². The van der Waals surface area contributed by atoms with Crippen LogP contribution < -0.4 is 5.32 Å². The van der Waals surface area contributed by atoms with Crippen molar-refractivity contribution in [1.82, 2.24) is 5.32 Å². The van der Waals surface area contributed by atoms with Gasteiger partial charge in [0.25, 0.3) is 0 Å². The SMILES string of the molecule is CCNC1CCOCC1SCCO. The van der Waals surface area contributed by atoms with Crippen molar-refractivity contribution >= 4 is 11.8 Å². The molecule has 4 heteroatoms. The summed E-state index contributed by atoms with van der Waals surface area (Å²) in [4.78, 5) is 0. The van der Waals surface area contributed by atoms with Gasteiger partial charge in [0.05, 0.1) is 13.2 Å². The number of hydrogen-bond acceptors (Lipinski definition) is 4. The molecule has 1 aliphatic heterocycles. The van der Waals surface area contributed by atoms with Crippen LogP contribution in [0.5, 0.6) is 0 Å². The van der Waals surface area contributed by atoms with E-state index in [1.54, 1.807) is 0 Å². The van der Waals surface area contributed by atoms with Crippen molar-refractivity contribution in [3.63, 3.8) is 0 Å². The van der Waals surface area contributed by atoms with Crippen LogP contribution in [0.2, 0.25) is 0 Å². The molecule has 78 valence electrons. The molecule has 2 atom stereocenters. The molecule has 1 aliphatic rings. The van der Waals surface area contributed by atoms with Gasteiger partial charge in [-0.15, -0.1) is 0 Å². The average Bonchev–Trinajstić information content (AvgIpc) is 2.17. The lowest BCUT2D eigenvalue weighted by Gasteiger charge is -2.31. The molecule has 2 N–H and O–H groups in total. The Balaban J connectivity index is 2.28. The summed E-state index contributed by atoms with van der Waals surface area (Å²) in [5.41, 5.74) is 0. The zero-order valence-corrected chi connectivity index (χ0v) is 8.98. The molecular weight excluding hydrogens is 186 g/mol. The molecule has 0 aliphatic carbocycles. The van der Waals surface area contributed by atoms with Gasteiger partial charge in [-0.1, -0.05) is 6.92 Å². The minimum atomic E-state index is 0.264. The van der Waals surface area contributed by atoms with Gasteiger partial charge in [0, 0.05) is 23.7 Å². The summed E-state index contributed by atoms with van der Waals surface area (Å²) in [5, 5.41) is 12.7. The number of aliphatic hydroxyl groups excluding tert-OH is 1. The predicted octanol–water partition coefficient (Wildman–Crippen LogP) is 0.479. The fourth-order valence-electron chi connectivity index (χ4n) is 1.58. The largest absolute Gasteiger partial charge is 0.396 e. The van der Waals surface area contributed by atoms with E-state index < -0.39 is 0 Å². The van der Waals surface area contributed by atoms with Crippen LogP contribution in [0.4, 0.5) is 0 Å². The van der Waals surface area contributed by atoms with Gasteiger partial charge < -0.3 is 15.2 Å². The van der Waals surface area contributed by atoms with E-state index in [-0.39, 0.29) is 6.61 Å². The highest BCUT2D eigenvalue weighted by molar-refractivity contribution is 8.00. The first-order chi connectivity index (χ1) is 6.38. The van der Waals surface area contributed by atoms with Crippen molar-refractivity contribution in [3.8, 4) is 0 Å². The molecule has 0 aromatic carbocycles. The molecule has 0 aromatic rings. The van der Waals surface area contributed by atoms with Crippen LogP contribution >= 0.6 is 11.8 Å². The summed E-state index contributed by atoms with van der Waals surface area (Å²) in [6, 6.07) is 0.565. The molecule has 13 heavy (non-hydrogen) atoms. The van der Waals surface area contributed by atoms with E-state index in [1.807, 2.05) is 11.8 Å². The van der Waals surface area contributed by atoms with E-state index >= 15 is 0 Å². The van der Waals surface area contributed by atoms with Gasteiger partial charge in [-0.05, 0) is 13.0 Å². The van der Waals surface area contributed by atoms with Gasteiger partial charge in [-0.25, -0.2) is 0 Å². The smallest absolute Gasteiger partial charge is 0.0600 e. The van der Waals surface area contributed by atoms with E-state index in [1.165, 1.54) is 0 Å². The maximum absolute atomic E-state index is 8.73. The lowest BCUT2D eigenvalue weighted by molar-refractivity contribution is 0.0836. The van der Waals surface area contributed by atoms with E-state index in [9.17, 15) is 0 Å². The number of aliphatic hydroxyl groups is 1. The maximum Gasteiger partial charge on any atom is 0.0600 e. The second-order valence-electron chi connectivity index (χ2n) is 3.16. The lowest BCUT2D eigenvalue weighted by atomic mass is 10.1. The van der Waals surface area contributed by atoms with Crippen LogP contribution in [0.3, 0.4) is 0 Å². The van der Waals surface area contributed by atoms with E-state index in [4.69, 9.17) is 9.84 Å². The van der Waals surface area contributed by atoms with Gasteiger partial charge in [0.2, 0.25) is 0 Å². The molecule has 1 saturated heterocycles. The molecule has 0 radical (unpaired) electrons. The lowest BCUT2D eigenvalue weighted by Crippen LogP contribution is -2.44. The first-order valence-corrected chi connectivity index (χ1v) is 5.97. The van der Waals surface area contributed by atoms with Crippen LogP contribution in [-0.2, 0) is 4.74 Å². The normalized spacial score (nSPS) is 29.1. The number of rotatable bonds is 5. The summed E-state index contributed by atoms with van der Waals surface area (Å²) in [5.74, 6) is 0.815. The van der Waals surface area contributed by atoms with Crippen molar-refractivity contribution in [2.24, 2.45) is 0 Å². The molecule has 0 saturated carbocycles. The van der Waals surface area contributed by atoms with Gasteiger partial charge in [-0.3, -0.25) is 0 Å². The first-order valence-electron chi connectivity index (χ1n) is 4.92. The van der Waals surface area contributed by atoms with Crippen LogP contribution in [-0.4, -0.2) is 48.5 Å². The molecule has 1 rings (SSSR count). The van der Waals surface area contributed by atoms with Crippen molar-refractivity contribution in [2.75, 3.05) is 32.1 Å². The molecule has 0 amide bonds. The number of ether oxygens (including phenoxy) is 1. The molecule has 0 spiro atoms. The quantitative estimate of drug-likeness (QED) is 0.685. The topological polar surface area (TPSA) is 41.5 Å². The molecule has 0 aromatic heterocycles. The fraction of sp³-hybridized carbons (Fsp3) is 1.00. The average molecular weight is 205 g/mol. The molecule has 0 bridgehead atoms. The van der Waals surface area contributed by atoms with Crippen molar-refractivity contribution < 1.29 is 9.84 Å². The zero-order chi connectivity index (χ0) is 9.52. The molecule has 1 heterocycles. The Hall–Kier alpha value is 0.230. The van der Waals surface area contributed by atoms with Gasteiger partial charge in [0.1, 0.15) is 0 Å². The van der Waals surface area contributed by atoms with Gasteiger partial charge >= 0.3 is 0 Å². The molecule has 1 fully saturated rings. The van der Waals surface area contributed by atoms with Crippen molar-refractivity contribution in [2.45, 2.75) is 24.6 Å². The summed E-state index contributed by atoms with van der Waals surface area (Å²) >= 11 is 1.81. The third kappa shape index (κ3) is 3.85. The second kappa shape index (κ2) is 6.65. The molecule has 3 nitrogen and oxygen atoms in total. The Morgan fingerprint density at radius 1 is 1.62 bits per heavy atom. The predicted molar refractivity (Wildman–Crippen MR) is 56.2 cm³/mol. The summed E-state index contributed by atoms with van der Waals surface area (Å²) in [7, 11) is 0. The molecular formula is C9H19NO2S. The highest BCUT2D eigenvalue weighted by atomic mass is 32.2. The summed E-state index contributed by atoms with van der Waals surface area (Å²) in [6.07, 6.45) is 1.09. The van der Waals surface area contributed by atoms with E-state index in [0.717, 1.165) is 31.9 Å². The Labute approximate surface area is 84.2 Å². The van der Waals surface area contributed by atoms with E-state index in [0.29, 0.717) is 11.3 Å². The highest BCUT2D eigenvalue weighted by Crippen LogP contribution is 2.20. The van der Waals surface area contributed by atoms with Crippen molar-refractivity contribution in [3.05, 3.63) is 0 Å². The minimum absolute atomic E-state index is 0.264. The minimum Gasteiger partial charge on any atom is -0.396 e. The maximum atomic E-state index is 8.73. The number of thioether (sulfide) groups is 1. The zero-order valence-electron chi connectivity index (χ0n) is 8.16. The van der Waals surface area contributed by atoms with Crippen molar-refractivity contribution in [1.29, 1.82) is 0 Å². The number of nitrogens with one attached hydrogen (secondary N) is 1. The number of hydrogen-bond donors (Lipinski definition) is 2. The van der Waals surface area contributed by atoms with E-state index in [2.05, 4.69) is 12.2 Å². The monoisotopic (exact) mass is 205 g/mol. The van der Waals surface area contributed by atoms with Crippen LogP contribution in [0.15, 0.2) is 0 Å². The first kappa shape index (κ1) is 11.3. The van der Waals surface area contributed by atoms with Gasteiger partial charge in [-0.2, -0.15) is 11.8 Å². The summed E-state index contributed by atoms with van der Waals surface area (Å²) < 4.78 is 5.41. The van der Waals surface area contributed by atoms with Crippen LogP contribution in [0, 0.1) is 0 Å². The Bertz CT molecular complexity index is 133. The Morgan fingerprint density at radius 2 is 2.46 bits per heavy atom. The molecule has 2 unspecified atom stereocenters. The standard InChI is InChI=1S/C9H19NO2S/c1-2-10-8-3-5-12-7-9(8)13-6-4-11/h8-11H,2-7H2,1H3. The Morgan fingerprint density at radius 3 is 3.15 bits per heavy atom. The fourth-order valence-corrected chi connectivity index (χ4v) is 2.64. The third-order valence-electron chi connectivity index (χ3n) is 2.19.